The Balaban J connectivity index is 2.00. The minimum atomic E-state index is -1.02. The third kappa shape index (κ3) is 3.04. The fraction of sp³-hybridized carbons (Fsp3) is 0.538. The Labute approximate surface area is 115 Å². The zero-order valence-electron chi connectivity index (χ0n) is 10.8. The van der Waals surface area contributed by atoms with Crippen LogP contribution in [0.5, 0.6) is 0 Å². The summed E-state index contributed by atoms with van der Waals surface area (Å²) >= 11 is 0. The van der Waals surface area contributed by atoms with Crippen LogP contribution in [0.25, 0.3) is 0 Å². The summed E-state index contributed by atoms with van der Waals surface area (Å²) in [7, 11) is 0. The monoisotopic (exact) mass is 280 g/mol. The smallest absolute Gasteiger partial charge is 0.307 e. The maximum Gasteiger partial charge on any atom is 0.307 e. The summed E-state index contributed by atoms with van der Waals surface area (Å²) in [5.41, 5.74) is 0. The third-order valence-corrected chi connectivity index (χ3v) is 3.64. The van der Waals surface area contributed by atoms with Crippen molar-refractivity contribution >= 4 is 23.7 Å². The van der Waals surface area contributed by atoms with Gasteiger partial charge in [-0.2, -0.15) is 0 Å². The molecule has 108 valence electrons. The molecule has 3 N–H and O–H groups in total. The maximum atomic E-state index is 12.1. The van der Waals surface area contributed by atoms with E-state index in [0.29, 0.717) is 12.8 Å². The fourth-order valence-corrected chi connectivity index (χ4v) is 2.49. The molecule has 1 aliphatic heterocycles. The van der Waals surface area contributed by atoms with Crippen molar-refractivity contribution in [2.75, 3.05) is 0 Å². The average molecular weight is 280 g/mol. The van der Waals surface area contributed by atoms with E-state index in [9.17, 15) is 19.2 Å². The lowest BCUT2D eigenvalue weighted by atomic mass is 9.82. The number of rotatable bonds is 3. The number of carbonyl (C=O) groups is 4. The molecule has 1 heterocycles. The van der Waals surface area contributed by atoms with Gasteiger partial charge in [-0.25, -0.2) is 0 Å². The topological polar surface area (TPSA) is 113 Å². The van der Waals surface area contributed by atoms with Crippen LogP contribution in [-0.2, 0) is 19.2 Å². The number of hydrogen-bond donors (Lipinski definition) is 3. The van der Waals surface area contributed by atoms with E-state index in [4.69, 9.17) is 5.11 Å². The zero-order valence-corrected chi connectivity index (χ0v) is 10.8. The van der Waals surface area contributed by atoms with Crippen molar-refractivity contribution in [1.29, 1.82) is 0 Å². The summed E-state index contributed by atoms with van der Waals surface area (Å²) in [4.78, 5) is 45.8. The fourth-order valence-electron chi connectivity index (χ4n) is 2.49. The maximum absolute atomic E-state index is 12.1. The molecule has 1 fully saturated rings. The molecule has 1 saturated heterocycles. The van der Waals surface area contributed by atoms with Crippen molar-refractivity contribution in [3.8, 4) is 0 Å². The van der Waals surface area contributed by atoms with Gasteiger partial charge in [0.2, 0.25) is 17.7 Å². The van der Waals surface area contributed by atoms with Crippen LogP contribution in [0.15, 0.2) is 12.2 Å². The molecule has 0 radical (unpaired) electrons. The van der Waals surface area contributed by atoms with Crippen molar-refractivity contribution < 1.29 is 24.3 Å². The Bertz CT molecular complexity index is 485. The molecule has 0 bridgehead atoms. The van der Waals surface area contributed by atoms with E-state index in [1.165, 1.54) is 0 Å². The summed E-state index contributed by atoms with van der Waals surface area (Å²) in [6.45, 7) is 0. The Hall–Kier alpha value is -2.18. The first kappa shape index (κ1) is 14.2. The van der Waals surface area contributed by atoms with Gasteiger partial charge in [0.05, 0.1) is 11.8 Å². The average Bonchev–Trinajstić information content (AvgIpc) is 2.41. The number of amides is 3. The van der Waals surface area contributed by atoms with E-state index in [0.717, 1.165) is 0 Å². The van der Waals surface area contributed by atoms with Crippen LogP contribution >= 0.6 is 0 Å². The molecular formula is C13H16N2O5. The Morgan fingerprint density at radius 3 is 2.45 bits per heavy atom. The highest BCUT2D eigenvalue weighted by atomic mass is 16.4. The largest absolute Gasteiger partial charge is 0.481 e. The predicted octanol–water partition coefficient (Wildman–Crippen LogP) is -0.425. The van der Waals surface area contributed by atoms with Gasteiger partial charge in [-0.15, -0.1) is 0 Å². The minimum Gasteiger partial charge on any atom is -0.481 e. The number of piperidine rings is 1. The number of imide groups is 1. The first-order chi connectivity index (χ1) is 9.49. The molecule has 7 nitrogen and oxygen atoms in total. The van der Waals surface area contributed by atoms with Crippen molar-refractivity contribution in [3.63, 3.8) is 0 Å². The first-order valence-electron chi connectivity index (χ1n) is 6.51. The van der Waals surface area contributed by atoms with Crippen LogP contribution < -0.4 is 10.6 Å². The predicted molar refractivity (Wildman–Crippen MR) is 67.3 cm³/mol. The highest BCUT2D eigenvalue weighted by Crippen LogP contribution is 2.26. The number of carbonyl (C=O) groups excluding carboxylic acids is 3. The van der Waals surface area contributed by atoms with Gasteiger partial charge in [0, 0.05) is 6.42 Å². The van der Waals surface area contributed by atoms with Gasteiger partial charge in [-0.1, -0.05) is 12.2 Å². The van der Waals surface area contributed by atoms with E-state index in [2.05, 4.69) is 10.6 Å². The molecule has 0 spiro atoms. The third-order valence-electron chi connectivity index (χ3n) is 3.64. The number of aliphatic carboxylic acids is 1. The van der Waals surface area contributed by atoms with E-state index < -0.39 is 35.7 Å². The molecule has 3 atom stereocenters. The van der Waals surface area contributed by atoms with E-state index in [1.807, 2.05) is 0 Å². The molecule has 0 aromatic rings. The first-order valence-corrected chi connectivity index (χ1v) is 6.51. The van der Waals surface area contributed by atoms with Crippen LogP contribution in [-0.4, -0.2) is 34.8 Å². The van der Waals surface area contributed by atoms with Crippen LogP contribution in [0.3, 0.4) is 0 Å². The number of nitrogens with one attached hydrogen (secondary N) is 2. The molecule has 0 aromatic carbocycles. The molecule has 20 heavy (non-hydrogen) atoms. The normalized spacial score (nSPS) is 29.7. The molecule has 7 heteroatoms. The second kappa shape index (κ2) is 5.85. The SMILES string of the molecule is O=C1CCC(NC(=O)C2CC=CCC2C(=O)O)C(=O)N1. The second-order valence-corrected chi connectivity index (χ2v) is 5.01. The summed E-state index contributed by atoms with van der Waals surface area (Å²) in [6.07, 6.45) is 4.59. The number of hydrogen-bond acceptors (Lipinski definition) is 4. The lowest BCUT2D eigenvalue weighted by molar-refractivity contribution is -0.147. The van der Waals surface area contributed by atoms with Gasteiger partial charge < -0.3 is 10.4 Å². The lowest BCUT2D eigenvalue weighted by Crippen LogP contribution is -2.54. The quantitative estimate of drug-likeness (QED) is 0.480. The highest BCUT2D eigenvalue weighted by Gasteiger charge is 2.36. The molecule has 1 aliphatic carbocycles. The highest BCUT2D eigenvalue weighted by molar-refractivity contribution is 6.02. The van der Waals surface area contributed by atoms with Gasteiger partial charge >= 0.3 is 5.97 Å². The van der Waals surface area contributed by atoms with Crippen LogP contribution in [0.4, 0.5) is 0 Å². The van der Waals surface area contributed by atoms with Crippen molar-refractivity contribution in [2.24, 2.45) is 11.8 Å². The molecule has 2 aliphatic rings. The van der Waals surface area contributed by atoms with Crippen LogP contribution in [0, 0.1) is 11.8 Å². The van der Waals surface area contributed by atoms with Gasteiger partial charge in [0.1, 0.15) is 6.04 Å². The van der Waals surface area contributed by atoms with Crippen molar-refractivity contribution in [1.82, 2.24) is 10.6 Å². The van der Waals surface area contributed by atoms with Crippen molar-refractivity contribution in [3.05, 3.63) is 12.2 Å². The van der Waals surface area contributed by atoms with Gasteiger partial charge in [-0.3, -0.25) is 24.5 Å². The Kier molecular flexibility index (Phi) is 4.16. The zero-order chi connectivity index (χ0) is 14.7. The molecule has 0 saturated carbocycles. The summed E-state index contributed by atoms with van der Waals surface area (Å²) in [5.74, 6) is -3.80. The number of carboxylic acids is 1. The van der Waals surface area contributed by atoms with E-state index >= 15 is 0 Å². The number of carboxylic acid groups (broad SMARTS) is 1. The molecule has 3 unspecified atom stereocenters. The summed E-state index contributed by atoms with van der Waals surface area (Å²) in [5, 5.41) is 13.8. The van der Waals surface area contributed by atoms with E-state index in [1.54, 1.807) is 12.2 Å². The Morgan fingerprint density at radius 2 is 1.85 bits per heavy atom. The lowest BCUT2D eigenvalue weighted by Gasteiger charge is -2.28. The number of allylic oxidation sites excluding steroid dienone is 2. The van der Waals surface area contributed by atoms with Gasteiger partial charge in [0.15, 0.2) is 0 Å². The standard InChI is InChI=1S/C13H16N2O5/c16-10-6-5-9(12(18)15-10)14-11(17)7-3-1-2-4-8(7)13(19)20/h1-2,7-9H,3-6H2,(H,14,17)(H,19,20)(H,15,16,18). The summed E-state index contributed by atoms with van der Waals surface area (Å²) in [6, 6.07) is -0.763. The summed E-state index contributed by atoms with van der Waals surface area (Å²) < 4.78 is 0. The molecule has 3 amide bonds. The van der Waals surface area contributed by atoms with Gasteiger partial charge in [-0.05, 0) is 19.3 Å². The Morgan fingerprint density at radius 1 is 1.20 bits per heavy atom. The van der Waals surface area contributed by atoms with Crippen LogP contribution in [0.1, 0.15) is 25.7 Å². The molecule has 0 aromatic heterocycles. The molecule has 2 rings (SSSR count). The second-order valence-electron chi connectivity index (χ2n) is 5.01. The van der Waals surface area contributed by atoms with Crippen molar-refractivity contribution in [2.45, 2.75) is 31.7 Å². The van der Waals surface area contributed by atoms with Crippen LogP contribution in [0.2, 0.25) is 0 Å². The minimum absolute atomic E-state index is 0.170. The van der Waals surface area contributed by atoms with Gasteiger partial charge in [0.25, 0.3) is 0 Å². The molecular weight excluding hydrogens is 264 g/mol. The van der Waals surface area contributed by atoms with E-state index in [-0.39, 0.29) is 18.7 Å².